The van der Waals surface area contributed by atoms with Gasteiger partial charge in [0.15, 0.2) is 5.96 Å². The van der Waals surface area contributed by atoms with Gasteiger partial charge in [0, 0.05) is 24.0 Å². The summed E-state index contributed by atoms with van der Waals surface area (Å²) >= 11 is 1.93. The van der Waals surface area contributed by atoms with Crippen molar-refractivity contribution in [1.29, 1.82) is 0 Å². The fourth-order valence-corrected chi connectivity index (χ4v) is 3.28. The Kier molecular flexibility index (Phi) is 9.08. The Morgan fingerprint density at radius 3 is 2.95 bits per heavy atom. The van der Waals surface area contributed by atoms with Gasteiger partial charge in [-0.2, -0.15) is 11.8 Å². The maximum atomic E-state index is 13.6. The van der Waals surface area contributed by atoms with Crippen LogP contribution in [0.15, 0.2) is 23.3 Å². The molecule has 0 saturated heterocycles. The molecule has 2 N–H and O–H groups in total. The minimum atomic E-state index is -0.305. The number of hydrogen-bond donors (Lipinski definition) is 2. The molecule has 1 aliphatic rings. The first-order valence-corrected chi connectivity index (χ1v) is 8.68. The van der Waals surface area contributed by atoms with Crippen LogP contribution in [0.4, 0.5) is 4.39 Å². The van der Waals surface area contributed by atoms with Crippen LogP contribution < -0.4 is 10.6 Å². The second kappa shape index (κ2) is 10.3. The van der Waals surface area contributed by atoms with E-state index in [-0.39, 0.29) is 36.3 Å². The molecular formula is C15H24FIN4S. The van der Waals surface area contributed by atoms with E-state index >= 15 is 0 Å². The fourth-order valence-electron chi connectivity index (χ4n) is 2.49. The molecular weight excluding hydrogens is 414 g/mol. The maximum absolute atomic E-state index is 13.6. The molecule has 0 spiro atoms. The van der Waals surface area contributed by atoms with Crippen LogP contribution >= 0.6 is 35.7 Å². The van der Waals surface area contributed by atoms with Crippen LogP contribution in [0, 0.1) is 5.82 Å². The zero-order valence-corrected chi connectivity index (χ0v) is 16.2. The Morgan fingerprint density at radius 2 is 2.32 bits per heavy atom. The van der Waals surface area contributed by atoms with Crippen molar-refractivity contribution in [2.24, 2.45) is 4.99 Å². The molecule has 2 unspecified atom stereocenters. The van der Waals surface area contributed by atoms with Gasteiger partial charge in [-0.1, -0.05) is 0 Å². The highest BCUT2D eigenvalue weighted by Crippen LogP contribution is 2.28. The van der Waals surface area contributed by atoms with Crippen molar-refractivity contribution >= 4 is 41.7 Å². The third-order valence-corrected chi connectivity index (χ3v) is 4.72. The Labute approximate surface area is 153 Å². The summed E-state index contributed by atoms with van der Waals surface area (Å²) in [7, 11) is 0. The number of aromatic nitrogens is 1. The Balaban J connectivity index is 0.00000242. The molecule has 1 saturated carbocycles. The lowest BCUT2D eigenvalue weighted by atomic mass is 10.2. The molecule has 4 nitrogen and oxygen atoms in total. The zero-order chi connectivity index (χ0) is 15.1. The molecule has 2 rings (SSSR count). The van der Waals surface area contributed by atoms with Crippen LogP contribution in [-0.2, 0) is 6.54 Å². The molecule has 1 aromatic rings. The van der Waals surface area contributed by atoms with E-state index in [4.69, 9.17) is 0 Å². The molecule has 0 radical (unpaired) electrons. The van der Waals surface area contributed by atoms with Crippen molar-refractivity contribution in [2.45, 2.75) is 44.0 Å². The molecule has 1 heterocycles. The maximum Gasteiger partial charge on any atom is 0.191 e. The standard InChI is InChI=1S/C15H23FN4S.HI/c1-3-17-15(20-11-6-7-12(9-11)21-2)19-10-14-13(16)5-4-8-18-14;/h4-5,8,11-12H,3,6-7,9-10H2,1-2H3,(H2,17,19,20);1H. The second-order valence-electron chi connectivity index (χ2n) is 5.14. The average molecular weight is 438 g/mol. The third kappa shape index (κ3) is 5.91. The molecule has 0 amide bonds. The van der Waals surface area contributed by atoms with Crippen LogP contribution in [0.1, 0.15) is 31.9 Å². The zero-order valence-electron chi connectivity index (χ0n) is 13.0. The summed E-state index contributed by atoms with van der Waals surface area (Å²) in [6.07, 6.45) is 7.31. The van der Waals surface area contributed by atoms with E-state index in [1.54, 1.807) is 12.3 Å². The van der Waals surface area contributed by atoms with E-state index in [9.17, 15) is 4.39 Å². The van der Waals surface area contributed by atoms with Crippen molar-refractivity contribution in [2.75, 3.05) is 12.8 Å². The van der Waals surface area contributed by atoms with Crippen molar-refractivity contribution in [3.8, 4) is 0 Å². The van der Waals surface area contributed by atoms with E-state index in [0.717, 1.165) is 30.6 Å². The number of aliphatic imine (C=N–C) groups is 1. The summed E-state index contributed by atoms with van der Waals surface area (Å²) < 4.78 is 13.6. The van der Waals surface area contributed by atoms with E-state index in [2.05, 4.69) is 26.9 Å². The van der Waals surface area contributed by atoms with Crippen LogP contribution in [0.3, 0.4) is 0 Å². The Morgan fingerprint density at radius 1 is 1.50 bits per heavy atom. The largest absolute Gasteiger partial charge is 0.357 e. The van der Waals surface area contributed by atoms with Gasteiger partial charge in [-0.3, -0.25) is 4.98 Å². The summed E-state index contributed by atoms with van der Waals surface area (Å²) in [5, 5.41) is 7.39. The van der Waals surface area contributed by atoms with Crippen LogP contribution in [0.2, 0.25) is 0 Å². The van der Waals surface area contributed by atoms with E-state index in [0.29, 0.717) is 11.7 Å². The van der Waals surface area contributed by atoms with Crippen LogP contribution in [0.25, 0.3) is 0 Å². The number of halogens is 2. The van der Waals surface area contributed by atoms with Gasteiger partial charge in [-0.15, -0.1) is 24.0 Å². The van der Waals surface area contributed by atoms with Gasteiger partial charge in [0.25, 0.3) is 0 Å². The third-order valence-electron chi connectivity index (χ3n) is 3.62. The normalized spacial score (nSPS) is 21.3. The Hall–Kier alpha value is -0.570. The SMILES string of the molecule is CCNC(=NCc1ncccc1F)NC1CCC(SC)C1.I. The molecule has 0 aliphatic heterocycles. The highest BCUT2D eigenvalue weighted by atomic mass is 127. The van der Waals surface area contributed by atoms with E-state index < -0.39 is 0 Å². The van der Waals surface area contributed by atoms with Gasteiger partial charge in [0.1, 0.15) is 5.82 Å². The molecule has 1 fully saturated rings. The monoisotopic (exact) mass is 438 g/mol. The van der Waals surface area contributed by atoms with E-state index in [1.807, 2.05) is 18.7 Å². The number of hydrogen-bond acceptors (Lipinski definition) is 3. The number of nitrogens with zero attached hydrogens (tertiary/aromatic N) is 2. The first-order valence-electron chi connectivity index (χ1n) is 7.40. The minimum Gasteiger partial charge on any atom is -0.357 e. The molecule has 1 aromatic heterocycles. The molecule has 22 heavy (non-hydrogen) atoms. The van der Waals surface area contributed by atoms with E-state index in [1.165, 1.54) is 12.5 Å². The average Bonchev–Trinajstić information content (AvgIpc) is 2.94. The molecule has 1 aliphatic carbocycles. The quantitative estimate of drug-likeness (QED) is 0.421. The first kappa shape index (κ1) is 19.5. The topological polar surface area (TPSA) is 49.3 Å². The van der Waals surface area contributed by atoms with Crippen LogP contribution in [-0.4, -0.2) is 35.0 Å². The molecule has 0 aromatic carbocycles. The lowest BCUT2D eigenvalue weighted by molar-refractivity contribution is 0.595. The number of rotatable bonds is 5. The second-order valence-corrected chi connectivity index (χ2v) is 6.28. The predicted molar refractivity (Wildman–Crippen MR) is 103 cm³/mol. The highest BCUT2D eigenvalue weighted by molar-refractivity contribution is 14.0. The van der Waals surface area contributed by atoms with Gasteiger partial charge in [0.2, 0.25) is 0 Å². The summed E-state index contributed by atoms with van der Waals surface area (Å²) in [5.41, 5.74) is 0.378. The van der Waals surface area contributed by atoms with Gasteiger partial charge in [-0.25, -0.2) is 9.38 Å². The van der Waals surface area contributed by atoms with Crippen molar-refractivity contribution < 1.29 is 4.39 Å². The van der Waals surface area contributed by atoms with Crippen LogP contribution in [0.5, 0.6) is 0 Å². The van der Waals surface area contributed by atoms with Crippen molar-refractivity contribution in [1.82, 2.24) is 15.6 Å². The lowest BCUT2D eigenvalue weighted by Crippen LogP contribution is -2.42. The van der Waals surface area contributed by atoms with Crippen molar-refractivity contribution in [3.05, 3.63) is 29.8 Å². The summed E-state index contributed by atoms with van der Waals surface area (Å²) in [4.78, 5) is 8.47. The summed E-state index contributed by atoms with van der Waals surface area (Å²) in [6, 6.07) is 3.46. The molecule has 2 atom stereocenters. The summed E-state index contributed by atoms with van der Waals surface area (Å²) in [6.45, 7) is 3.06. The fraction of sp³-hybridized carbons (Fsp3) is 0.600. The minimum absolute atomic E-state index is 0. The highest BCUT2D eigenvalue weighted by Gasteiger charge is 2.24. The van der Waals surface area contributed by atoms with Gasteiger partial charge in [0.05, 0.1) is 12.2 Å². The molecule has 124 valence electrons. The molecule has 7 heteroatoms. The number of thioether (sulfide) groups is 1. The lowest BCUT2D eigenvalue weighted by Gasteiger charge is -2.17. The number of nitrogens with one attached hydrogen (secondary N) is 2. The smallest absolute Gasteiger partial charge is 0.191 e. The molecule has 0 bridgehead atoms. The van der Waals surface area contributed by atoms with Gasteiger partial charge >= 0.3 is 0 Å². The number of guanidine groups is 1. The van der Waals surface area contributed by atoms with Crippen molar-refractivity contribution in [3.63, 3.8) is 0 Å². The summed E-state index contributed by atoms with van der Waals surface area (Å²) in [5.74, 6) is 0.440. The van der Waals surface area contributed by atoms with Gasteiger partial charge < -0.3 is 10.6 Å². The first-order chi connectivity index (χ1) is 10.2. The van der Waals surface area contributed by atoms with Gasteiger partial charge in [-0.05, 0) is 44.6 Å². The Bertz CT molecular complexity index is 486. The number of pyridine rings is 1. The predicted octanol–water partition coefficient (Wildman–Crippen LogP) is 3.18.